The average molecular weight is 256 g/mol. The first-order valence-corrected chi connectivity index (χ1v) is 6.03. The van der Waals surface area contributed by atoms with Gasteiger partial charge in [-0.25, -0.2) is 0 Å². The van der Waals surface area contributed by atoms with Gasteiger partial charge in [0.25, 0.3) is 0 Å². The first-order chi connectivity index (χ1) is 9.11. The van der Waals surface area contributed by atoms with Crippen LogP contribution in [0.25, 0.3) is 22.2 Å². The third kappa shape index (κ3) is 1.66. The number of rotatable bonds is 2. The number of nitrogen functional groups attached to an aromatic ring is 1. The fraction of sp³-hybridized carbons (Fsp3) is 0.214. The van der Waals surface area contributed by atoms with E-state index in [1.54, 1.807) is 11.8 Å². The predicted octanol–water partition coefficient (Wildman–Crippen LogP) is 2.17. The highest BCUT2D eigenvalue weighted by atomic mass is 16.5. The number of aryl methyl sites for hydroxylation is 2. The maximum Gasteiger partial charge on any atom is 0.143 e. The zero-order valence-corrected chi connectivity index (χ0v) is 11.2. The molecule has 0 unspecified atom stereocenters. The fourth-order valence-electron chi connectivity index (χ4n) is 2.41. The molecule has 2 N–H and O–H groups in total. The minimum Gasteiger partial charge on any atom is -0.495 e. The molecule has 98 valence electrons. The summed E-state index contributed by atoms with van der Waals surface area (Å²) in [5.74, 6) is 1.50. The van der Waals surface area contributed by atoms with Crippen molar-refractivity contribution in [2.24, 2.45) is 14.1 Å². The van der Waals surface area contributed by atoms with Crippen LogP contribution in [0.3, 0.4) is 0 Å². The van der Waals surface area contributed by atoms with Gasteiger partial charge in [0, 0.05) is 37.3 Å². The van der Waals surface area contributed by atoms with E-state index in [4.69, 9.17) is 10.5 Å². The van der Waals surface area contributed by atoms with E-state index in [0.29, 0.717) is 5.82 Å². The number of nitrogens with zero attached hydrogens (tertiary/aromatic N) is 3. The van der Waals surface area contributed by atoms with Crippen LogP contribution in [0.15, 0.2) is 30.5 Å². The lowest BCUT2D eigenvalue weighted by atomic mass is 10.1. The van der Waals surface area contributed by atoms with Crippen LogP contribution in [0.1, 0.15) is 0 Å². The summed E-state index contributed by atoms with van der Waals surface area (Å²) in [5, 5.41) is 5.55. The molecule has 0 radical (unpaired) electrons. The van der Waals surface area contributed by atoms with Gasteiger partial charge < -0.3 is 15.0 Å². The van der Waals surface area contributed by atoms with Gasteiger partial charge in [0.15, 0.2) is 0 Å². The van der Waals surface area contributed by atoms with Crippen molar-refractivity contribution >= 4 is 16.7 Å². The lowest BCUT2D eigenvalue weighted by Gasteiger charge is -2.03. The molecule has 2 aromatic heterocycles. The van der Waals surface area contributed by atoms with Crippen LogP contribution in [-0.4, -0.2) is 21.5 Å². The highest BCUT2D eigenvalue weighted by molar-refractivity contribution is 5.98. The molecule has 0 fully saturated rings. The van der Waals surface area contributed by atoms with Gasteiger partial charge in [0.1, 0.15) is 11.6 Å². The van der Waals surface area contributed by atoms with Gasteiger partial charge in [0.05, 0.1) is 18.3 Å². The third-order valence-corrected chi connectivity index (χ3v) is 3.38. The summed E-state index contributed by atoms with van der Waals surface area (Å²) in [6.45, 7) is 0. The van der Waals surface area contributed by atoms with E-state index in [1.807, 2.05) is 36.9 Å². The normalized spacial score (nSPS) is 11.1. The van der Waals surface area contributed by atoms with Crippen LogP contribution in [-0.2, 0) is 14.1 Å². The molecule has 0 saturated carbocycles. The molecular weight excluding hydrogens is 240 g/mol. The fourth-order valence-corrected chi connectivity index (χ4v) is 2.41. The van der Waals surface area contributed by atoms with E-state index in [1.165, 1.54) is 0 Å². The molecule has 0 bridgehead atoms. The minimum atomic E-state index is 0.648. The Morgan fingerprint density at radius 1 is 1.26 bits per heavy atom. The number of anilines is 1. The van der Waals surface area contributed by atoms with Gasteiger partial charge in [0.2, 0.25) is 0 Å². The molecule has 0 saturated heterocycles. The summed E-state index contributed by atoms with van der Waals surface area (Å²) in [5.41, 5.74) is 8.85. The molecule has 0 aliphatic heterocycles. The van der Waals surface area contributed by atoms with Crippen molar-refractivity contribution < 1.29 is 4.74 Å². The first-order valence-electron chi connectivity index (χ1n) is 6.03. The molecule has 3 rings (SSSR count). The average Bonchev–Trinajstić information content (AvgIpc) is 2.91. The summed E-state index contributed by atoms with van der Waals surface area (Å²) in [6.07, 6.45) is 2.05. The number of para-hydroxylation sites is 1. The molecule has 5 nitrogen and oxygen atoms in total. The van der Waals surface area contributed by atoms with E-state index in [9.17, 15) is 0 Å². The molecule has 19 heavy (non-hydrogen) atoms. The van der Waals surface area contributed by atoms with Gasteiger partial charge in [-0.15, -0.1) is 0 Å². The number of benzene rings is 1. The highest BCUT2D eigenvalue weighted by Gasteiger charge is 2.14. The summed E-state index contributed by atoms with van der Waals surface area (Å²) >= 11 is 0. The molecule has 0 amide bonds. The Balaban J connectivity index is 2.31. The molecule has 0 aliphatic rings. The molecule has 1 aromatic carbocycles. The van der Waals surface area contributed by atoms with Gasteiger partial charge in [-0.2, -0.15) is 5.10 Å². The van der Waals surface area contributed by atoms with Crippen molar-refractivity contribution in [3.63, 3.8) is 0 Å². The maximum atomic E-state index is 5.85. The van der Waals surface area contributed by atoms with Crippen LogP contribution >= 0.6 is 0 Å². The Morgan fingerprint density at radius 3 is 2.68 bits per heavy atom. The van der Waals surface area contributed by atoms with E-state index in [0.717, 1.165) is 27.9 Å². The molecule has 5 heteroatoms. The Labute approximate surface area is 111 Å². The van der Waals surface area contributed by atoms with E-state index in [-0.39, 0.29) is 0 Å². The topological polar surface area (TPSA) is 58.0 Å². The molecule has 2 heterocycles. The maximum absolute atomic E-state index is 5.85. The van der Waals surface area contributed by atoms with Crippen molar-refractivity contribution in [3.8, 4) is 17.0 Å². The summed E-state index contributed by atoms with van der Waals surface area (Å²) < 4.78 is 9.14. The Kier molecular flexibility index (Phi) is 2.48. The van der Waals surface area contributed by atoms with Crippen LogP contribution in [0.5, 0.6) is 5.75 Å². The van der Waals surface area contributed by atoms with Gasteiger partial charge in [-0.05, 0) is 6.07 Å². The SMILES string of the molecule is COc1cccc2c(-c3cc(N)n(C)n3)cn(C)c12. The molecule has 0 atom stereocenters. The zero-order valence-electron chi connectivity index (χ0n) is 11.2. The van der Waals surface area contributed by atoms with Crippen molar-refractivity contribution in [2.45, 2.75) is 0 Å². The first kappa shape index (κ1) is 11.6. The van der Waals surface area contributed by atoms with E-state index >= 15 is 0 Å². The summed E-state index contributed by atoms with van der Waals surface area (Å²) in [7, 11) is 5.52. The number of hydrogen-bond donors (Lipinski definition) is 1. The van der Waals surface area contributed by atoms with E-state index < -0.39 is 0 Å². The third-order valence-electron chi connectivity index (χ3n) is 3.38. The molecule has 3 aromatic rings. The molecule has 0 spiro atoms. The van der Waals surface area contributed by atoms with Crippen molar-refractivity contribution in [1.29, 1.82) is 0 Å². The second-order valence-electron chi connectivity index (χ2n) is 4.59. The lowest BCUT2D eigenvalue weighted by molar-refractivity contribution is 0.418. The Hall–Kier alpha value is -2.43. The quantitative estimate of drug-likeness (QED) is 0.764. The standard InChI is InChI=1S/C14H16N4O/c1-17-8-10(11-7-13(15)18(2)16-11)9-5-4-6-12(19-3)14(9)17/h4-8H,15H2,1-3H3. The highest BCUT2D eigenvalue weighted by Crippen LogP contribution is 2.34. The number of aromatic nitrogens is 3. The van der Waals surface area contributed by atoms with Crippen LogP contribution < -0.4 is 10.5 Å². The van der Waals surface area contributed by atoms with Crippen LogP contribution in [0.4, 0.5) is 5.82 Å². The number of fused-ring (bicyclic) bond motifs is 1. The largest absolute Gasteiger partial charge is 0.495 e. The van der Waals surface area contributed by atoms with Crippen molar-refractivity contribution in [2.75, 3.05) is 12.8 Å². The number of methoxy groups -OCH3 is 1. The Bertz CT molecular complexity index is 735. The van der Waals surface area contributed by atoms with E-state index in [2.05, 4.69) is 17.4 Å². The number of hydrogen-bond acceptors (Lipinski definition) is 3. The van der Waals surface area contributed by atoms with Crippen molar-refractivity contribution in [1.82, 2.24) is 14.3 Å². The number of nitrogens with two attached hydrogens (primary N) is 1. The van der Waals surface area contributed by atoms with Gasteiger partial charge in [-0.3, -0.25) is 4.68 Å². The summed E-state index contributed by atoms with van der Waals surface area (Å²) in [4.78, 5) is 0. The monoisotopic (exact) mass is 256 g/mol. The van der Waals surface area contributed by atoms with Gasteiger partial charge >= 0.3 is 0 Å². The smallest absolute Gasteiger partial charge is 0.143 e. The minimum absolute atomic E-state index is 0.648. The van der Waals surface area contributed by atoms with Crippen LogP contribution in [0.2, 0.25) is 0 Å². The molecule has 0 aliphatic carbocycles. The second-order valence-corrected chi connectivity index (χ2v) is 4.59. The van der Waals surface area contributed by atoms with Crippen LogP contribution in [0, 0.1) is 0 Å². The zero-order chi connectivity index (χ0) is 13.6. The molecular formula is C14H16N4O. The lowest BCUT2D eigenvalue weighted by Crippen LogP contribution is -1.96. The number of ether oxygens (including phenoxy) is 1. The summed E-state index contributed by atoms with van der Waals surface area (Å²) in [6, 6.07) is 7.89. The Morgan fingerprint density at radius 2 is 2.05 bits per heavy atom. The van der Waals surface area contributed by atoms with Gasteiger partial charge in [-0.1, -0.05) is 12.1 Å². The van der Waals surface area contributed by atoms with Crippen molar-refractivity contribution in [3.05, 3.63) is 30.5 Å². The predicted molar refractivity (Wildman–Crippen MR) is 76.1 cm³/mol. The second kappa shape index (κ2) is 4.05.